The predicted octanol–water partition coefficient (Wildman–Crippen LogP) is 5.84. The van der Waals surface area contributed by atoms with Crippen molar-refractivity contribution in [2.45, 2.75) is 39.8 Å². The average Bonchev–Trinajstić information content (AvgIpc) is 3.20. The molecule has 0 radical (unpaired) electrons. The fraction of sp³-hybridized carbons (Fsp3) is 0.241. The van der Waals surface area contributed by atoms with E-state index in [-0.39, 0.29) is 5.91 Å². The number of rotatable bonds is 10. The summed E-state index contributed by atoms with van der Waals surface area (Å²) in [6.07, 6.45) is 5.27. The molecule has 0 fully saturated rings. The van der Waals surface area contributed by atoms with Crippen LogP contribution in [0.5, 0.6) is 5.75 Å². The molecule has 1 heterocycles. The second-order valence-electron chi connectivity index (χ2n) is 8.45. The van der Waals surface area contributed by atoms with E-state index in [2.05, 4.69) is 41.9 Å². The van der Waals surface area contributed by atoms with E-state index in [0.29, 0.717) is 13.2 Å². The second kappa shape index (κ2) is 11.3. The molecule has 0 aliphatic rings. The van der Waals surface area contributed by atoms with Crippen LogP contribution < -0.4 is 10.1 Å². The van der Waals surface area contributed by atoms with Gasteiger partial charge in [-0.15, -0.1) is 0 Å². The Bertz CT molecular complexity index is 1280. The Hall–Kier alpha value is -3.86. The summed E-state index contributed by atoms with van der Waals surface area (Å²) in [4.78, 5) is 17.1. The topological polar surface area (TPSA) is 56.1 Å². The Morgan fingerprint density at radius 1 is 1.00 bits per heavy atom. The van der Waals surface area contributed by atoms with Crippen molar-refractivity contribution >= 4 is 23.0 Å². The summed E-state index contributed by atoms with van der Waals surface area (Å²) in [5.74, 6) is 1.67. The lowest BCUT2D eigenvalue weighted by Crippen LogP contribution is -2.22. The molecule has 0 spiro atoms. The molecule has 0 atom stereocenters. The lowest BCUT2D eigenvalue weighted by Gasteiger charge is -2.12. The zero-order valence-electron chi connectivity index (χ0n) is 19.8. The van der Waals surface area contributed by atoms with Crippen molar-refractivity contribution in [2.75, 3.05) is 6.61 Å². The third-order valence-electron chi connectivity index (χ3n) is 5.75. The van der Waals surface area contributed by atoms with Gasteiger partial charge in [-0.3, -0.25) is 4.79 Å². The van der Waals surface area contributed by atoms with E-state index in [4.69, 9.17) is 9.72 Å². The van der Waals surface area contributed by atoms with E-state index in [9.17, 15) is 4.79 Å². The number of nitrogens with one attached hydrogen (secondary N) is 1. The van der Waals surface area contributed by atoms with Crippen molar-refractivity contribution < 1.29 is 9.53 Å². The van der Waals surface area contributed by atoms with Crippen LogP contribution in [0.2, 0.25) is 0 Å². The van der Waals surface area contributed by atoms with E-state index >= 15 is 0 Å². The van der Waals surface area contributed by atoms with Crippen LogP contribution in [0.3, 0.4) is 0 Å². The van der Waals surface area contributed by atoms with Gasteiger partial charge in [-0.1, -0.05) is 60.2 Å². The molecule has 3 aromatic carbocycles. The number of imidazole rings is 1. The van der Waals surface area contributed by atoms with Crippen LogP contribution in [0.4, 0.5) is 0 Å². The monoisotopic (exact) mass is 453 g/mol. The Morgan fingerprint density at radius 3 is 2.62 bits per heavy atom. The Morgan fingerprint density at radius 2 is 1.79 bits per heavy atom. The van der Waals surface area contributed by atoms with Crippen LogP contribution in [0.25, 0.3) is 17.1 Å². The van der Waals surface area contributed by atoms with Crippen molar-refractivity contribution in [2.24, 2.45) is 0 Å². The number of benzene rings is 3. The van der Waals surface area contributed by atoms with Crippen molar-refractivity contribution in [3.8, 4) is 5.75 Å². The highest BCUT2D eigenvalue weighted by Crippen LogP contribution is 2.20. The summed E-state index contributed by atoms with van der Waals surface area (Å²) in [6.45, 7) is 6.04. The zero-order valence-corrected chi connectivity index (χ0v) is 19.8. The molecule has 0 bridgehead atoms. The minimum atomic E-state index is -0.135. The number of unbranched alkanes of at least 4 members (excludes halogenated alkanes) is 1. The van der Waals surface area contributed by atoms with Gasteiger partial charge in [0.25, 0.3) is 0 Å². The number of aromatic nitrogens is 2. The van der Waals surface area contributed by atoms with Gasteiger partial charge in [-0.25, -0.2) is 4.98 Å². The van der Waals surface area contributed by atoms with Crippen LogP contribution >= 0.6 is 0 Å². The standard InChI is InChI=1S/C29H31N3O2/c1-22-14-16-27(23(2)20-22)34-19-9-8-18-32-26-13-7-6-12-25(26)31-28(32)21-30-29(33)17-15-24-10-4-3-5-11-24/h3-7,10-17,20H,8-9,18-19,21H2,1-2H3,(H,30,33)/b17-15-. The van der Waals surface area contributed by atoms with Crippen LogP contribution in [-0.4, -0.2) is 22.1 Å². The number of para-hydroxylation sites is 2. The van der Waals surface area contributed by atoms with Gasteiger partial charge >= 0.3 is 0 Å². The van der Waals surface area contributed by atoms with Crippen molar-refractivity contribution in [3.05, 3.63) is 101 Å². The Balaban J connectivity index is 1.34. The number of fused-ring (bicyclic) bond motifs is 1. The molecular formula is C29H31N3O2. The number of carbonyl (C=O) groups excluding carboxylic acids is 1. The number of hydrogen-bond acceptors (Lipinski definition) is 3. The summed E-state index contributed by atoms with van der Waals surface area (Å²) in [5.41, 5.74) is 5.43. The molecule has 5 nitrogen and oxygen atoms in total. The first kappa shape index (κ1) is 23.3. The lowest BCUT2D eigenvalue weighted by molar-refractivity contribution is -0.116. The van der Waals surface area contributed by atoms with Gasteiger partial charge in [0, 0.05) is 12.6 Å². The van der Waals surface area contributed by atoms with E-state index in [1.165, 1.54) is 11.1 Å². The van der Waals surface area contributed by atoms with E-state index in [1.807, 2.05) is 60.7 Å². The average molecular weight is 454 g/mol. The molecule has 0 unspecified atom stereocenters. The molecule has 174 valence electrons. The van der Waals surface area contributed by atoms with Gasteiger partial charge in [0.15, 0.2) is 0 Å². The molecule has 0 aliphatic heterocycles. The summed E-state index contributed by atoms with van der Waals surface area (Å²) in [5, 5.41) is 2.97. The zero-order chi connectivity index (χ0) is 23.8. The molecule has 34 heavy (non-hydrogen) atoms. The van der Waals surface area contributed by atoms with Gasteiger partial charge in [0.05, 0.1) is 24.2 Å². The van der Waals surface area contributed by atoms with Crippen LogP contribution in [0.1, 0.15) is 35.4 Å². The number of aryl methyl sites for hydroxylation is 3. The second-order valence-corrected chi connectivity index (χ2v) is 8.45. The van der Waals surface area contributed by atoms with Gasteiger partial charge < -0.3 is 14.6 Å². The minimum absolute atomic E-state index is 0.135. The highest BCUT2D eigenvalue weighted by atomic mass is 16.5. The summed E-state index contributed by atoms with van der Waals surface area (Å²) >= 11 is 0. The molecule has 1 N–H and O–H groups in total. The molecule has 5 heteroatoms. The summed E-state index contributed by atoms with van der Waals surface area (Å²) in [6, 6.07) is 24.2. The predicted molar refractivity (Wildman–Crippen MR) is 138 cm³/mol. The number of nitrogens with zero attached hydrogens (tertiary/aromatic N) is 2. The smallest absolute Gasteiger partial charge is 0.244 e. The van der Waals surface area contributed by atoms with Gasteiger partial charge in [-0.2, -0.15) is 0 Å². The summed E-state index contributed by atoms with van der Waals surface area (Å²) < 4.78 is 8.18. The molecule has 1 amide bonds. The summed E-state index contributed by atoms with van der Waals surface area (Å²) in [7, 11) is 0. The van der Waals surface area contributed by atoms with E-state index < -0.39 is 0 Å². The fourth-order valence-electron chi connectivity index (χ4n) is 3.99. The quantitative estimate of drug-likeness (QED) is 0.242. The Kier molecular flexibility index (Phi) is 7.76. The van der Waals surface area contributed by atoms with Crippen LogP contribution in [0.15, 0.2) is 78.9 Å². The van der Waals surface area contributed by atoms with Crippen molar-refractivity contribution in [1.29, 1.82) is 0 Å². The van der Waals surface area contributed by atoms with Crippen molar-refractivity contribution in [3.63, 3.8) is 0 Å². The lowest BCUT2D eigenvalue weighted by atomic mass is 10.1. The third kappa shape index (κ3) is 6.13. The van der Waals surface area contributed by atoms with Crippen LogP contribution in [0, 0.1) is 13.8 Å². The largest absolute Gasteiger partial charge is 0.493 e. The molecule has 4 aromatic rings. The normalized spacial score (nSPS) is 11.2. The first-order valence-electron chi connectivity index (χ1n) is 11.8. The molecular weight excluding hydrogens is 422 g/mol. The minimum Gasteiger partial charge on any atom is -0.493 e. The number of carbonyl (C=O) groups is 1. The number of ether oxygens (including phenoxy) is 1. The van der Waals surface area contributed by atoms with Crippen molar-refractivity contribution in [1.82, 2.24) is 14.9 Å². The SMILES string of the molecule is Cc1ccc(OCCCCn2c(CNC(=O)/C=C\c3ccccc3)nc3ccccc32)c(C)c1. The number of hydrogen-bond donors (Lipinski definition) is 1. The maximum Gasteiger partial charge on any atom is 0.244 e. The molecule has 0 saturated carbocycles. The van der Waals surface area contributed by atoms with E-state index in [1.54, 1.807) is 6.08 Å². The fourth-order valence-corrected chi connectivity index (χ4v) is 3.99. The molecule has 0 saturated heterocycles. The number of amides is 1. The third-order valence-corrected chi connectivity index (χ3v) is 5.75. The maximum absolute atomic E-state index is 12.3. The molecule has 1 aromatic heterocycles. The molecule has 0 aliphatic carbocycles. The first-order chi connectivity index (χ1) is 16.6. The van der Waals surface area contributed by atoms with Gasteiger partial charge in [0.2, 0.25) is 5.91 Å². The molecule has 4 rings (SSSR count). The van der Waals surface area contributed by atoms with Crippen LogP contribution in [-0.2, 0) is 17.9 Å². The highest BCUT2D eigenvalue weighted by Gasteiger charge is 2.11. The Labute approximate surface area is 201 Å². The van der Waals surface area contributed by atoms with Gasteiger partial charge in [-0.05, 0) is 62.1 Å². The maximum atomic E-state index is 12.3. The highest BCUT2D eigenvalue weighted by molar-refractivity contribution is 5.91. The van der Waals surface area contributed by atoms with Gasteiger partial charge in [0.1, 0.15) is 11.6 Å². The first-order valence-corrected chi connectivity index (χ1v) is 11.8. The van der Waals surface area contributed by atoms with E-state index in [0.717, 1.165) is 47.6 Å².